The fourth-order valence-electron chi connectivity index (χ4n) is 6.00. The Morgan fingerprint density at radius 3 is 1.37 bits per heavy atom. The second-order valence-corrected chi connectivity index (χ2v) is 17.9. The molecule has 9 atom stereocenters. The molecule has 404 valence electrons. The number of rotatable bonds is 34. The number of hydrogen-bond acceptors (Lipinski definition) is 17. The standard InChI is InChI=1S/C40H74N16O12S3/c1-18(2)12-24(34(63)56-29(19(3)4)37(66)55-27(17-71)38(67)68)52-33(62)23(9-7-11-47-40(44)45)50-32(61)22(8-6-10-46-39(42)43)51-36(65)26(16-70)54-35(64)25(14-57)53-30(59)20(5)49-28(58)13-48-31(60)21(41)15-69/h18-27,29,57,69-71H,6-17,41H2,1-5H3,(H,48,60)(H,49,58)(H,50,61)(H,51,65)(H,52,62)(H,53,59)(H,54,64)(H,55,66)(H,56,63)(H,67,68)(H4,42,43,46)(H4,44,45,47)/t20-,21-,22-,23-,24-,25-,26-,27-,29-/m0/s1. The zero-order chi connectivity index (χ0) is 54.5. The maximum atomic E-state index is 14.1. The number of aliphatic hydroxyl groups is 1. The highest BCUT2D eigenvalue weighted by molar-refractivity contribution is 7.80. The van der Waals surface area contributed by atoms with Crippen molar-refractivity contribution in [2.75, 3.05) is 43.5 Å². The van der Waals surface area contributed by atoms with Crippen molar-refractivity contribution in [2.24, 2.45) is 50.5 Å². The number of aliphatic carboxylic acids is 1. The zero-order valence-corrected chi connectivity index (χ0v) is 43.1. The first-order valence-corrected chi connectivity index (χ1v) is 24.3. The van der Waals surface area contributed by atoms with Crippen LogP contribution in [0.5, 0.6) is 0 Å². The van der Waals surface area contributed by atoms with Gasteiger partial charge in [0.2, 0.25) is 53.2 Å². The number of carboxylic acids is 1. The fourth-order valence-corrected chi connectivity index (χ4v) is 6.67. The van der Waals surface area contributed by atoms with Crippen molar-refractivity contribution in [1.82, 2.24) is 47.9 Å². The predicted octanol–water partition coefficient (Wildman–Crippen LogP) is -7.00. The first-order chi connectivity index (χ1) is 33.2. The molecule has 0 aromatic rings. The lowest BCUT2D eigenvalue weighted by Crippen LogP contribution is -2.61. The highest BCUT2D eigenvalue weighted by Gasteiger charge is 2.35. The van der Waals surface area contributed by atoms with Gasteiger partial charge >= 0.3 is 5.97 Å². The van der Waals surface area contributed by atoms with Crippen molar-refractivity contribution in [3.05, 3.63) is 0 Å². The number of hydrogen-bond donors (Lipinski definition) is 19. The van der Waals surface area contributed by atoms with Crippen LogP contribution in [-0.4, -0.2) is 179 Å². The number of aliphatic imine (C=N–C) groups is 2. The number of nitrogens with zero attached hydrogens (tertiary/aromatic N) is 2. The number of nitrogens with one attached hydrogen (secondary N) is 9. The third-order valence-corrected chi connectivity index (χ3v) is 11.0. The van der Waals surface area contributed by atoms with Crippen LogP contribution in [0.4, 0.5) is 0 Å². The van der Waals surface area contributed by atoms with Gasteiger partial charge in [0.1, 0.15) is 48.3 Å². The van der Waals surface area contributed by atoms with E-state index in [0.717, 1.165) is 0 Å². The Hall–Kier alpha value is -5.79. The Kier molecular flexibility index (Phi) is 31.7. The van der Waals surface area contributed by atoms with Gasteiger partial charge in [0.05, 0.1) is 19.2 Å². The summed E-state index contributed by atoms with van der Waals surface area (Å²) < 4.78 is 0. The first kappa shape index (κ1) is 65.2. The van der Waals surface area contributed by atoms with Crippen LogP contribution < -0.4 is 76.5 Å². The number of aliphatic hydroxyl groups excluding tert-OH is 1. The molecule has 0 saturated carbocycles. The molecule has 0 aliphatic rings. The van der Waals surface area contributed by atoms with Crippen molar-refractivity contribution in [1.29, 1.82) is 0 Å². The zero-order valence-electron chi connectivity index (χ0n) is 40.4. The van der Waals surface area contributed by atoms with E-state index in [-0.39, 0.29) is 80.3 Å². The number of carbonyl (C=O) groups is 10. The Balaban J connectivity index is 6.49. The molecule has 0 radical (unpaired) electrons. The summed E-state index contributed by atoms with van der Waals surface area (Å²) in [5.74, 6) is -10.9. The highest BCUT2D eigenvalue weighted by atomic mass is 32.1. The number of carbonyl (C=O) groups excluding carboxylic acids is 9. The highest BCUT2D eigenvalue weighted by Crippen LogP contribution is 2.11. The van der Waals surface area contributed by atoms with Crippen molar-refractivity contribution in [3.63, 3.8) is 0 Å². The van der Waals surface area contributed by atoms with Gasteiger partial charge in [-0.2, -0.15) is 37.9 Å². The van der Waals surface area contributed by atoms with Crippen LogP contribution in [0.3, 0.4) is 0 Å². The summed E-state index contributed by atoms with van der Waals surface area (Å²) in [5.41, 5.74) is 27.4. The minimum atomic E-state index is -1.65. The van der Waals surface area contributed by atoms with E-state index in [1.165, 1.54) is 6.92 Å². The minimum Gasteiger partial charge on any atom is -0.480 e. The molecule has 9 amide bonds. The van der Waals surface area contributed by atoms with E-state index < -0.39 is 133 Å². The molecule has 0 rings (SSSR count). The first-order valence-electron chi connectivity index (χ1n) is 22.4. The van der Waals surface area contributed by atoms with E-state index in [0.29, 0.717) is 0 Å². The number of guanidine groups is 2. The van der Waals surface area contributed by atoms with Crippen molar-refractivity contribution < 1.29 is 58.2 Å². The summed E-state index contributed by atoms with van der Waals surface area (Å²) in [6.07, 6.45) is 0.0278. The van der Waals surface area contributed by atoms with Crippen molar-refractivity contribution in [3.8, 4) is 0 Å². The molecule has 0 aromatic carbocycles. The number of amides is 9. The van der Waals surface area contributed by atoms with Crippen LogP contribution in [0.25, 0.3) is 0 Å². The lowest BCUT2D eigenvalue weighted by Gasteiger charge is -2.29. The quantitative estimate of drug-likeness (QED) is 0.0123. The van der Waals surface area contributed by atoms with Crippen molar-refractivity contribution >= 4 is 109 Å². The van der Waals surface area contributed by atoms with E-state index in [9.17, 15) is 58.2 Å². The smallest absolute Gasteiger partial charge is 0.327 e. The largest absolute Gasteiger partial charge is 0.480 e. The van der Waals surface area contributed by atoms with E-state index in [2.05, 4.69) is 95.7 Å². The molecular weight excluding hydrogens is 993 g/mol. The number of thiol groups is 3. The molecule has 0 aromatic heterocycles. The molecule has 0 bridgehead atoms. The van der Waals surface area contributed by atoms with Crippen molar-refractivity contribution in [2.45, 2.75) is 121 Å². The van der Waals surface area contributed by atoms with Crippen LogP contribution >= 0.6 is 37.9 Å². The van der Waals surface area contributed by atoms with Gasteiger partial charge in [-0.05, 0) is 50.9 Å². The van der Waals surface area contributed by atoms with Gasteiger partial charge in [0, 0.05) is 30.3 Å². The molecule has 0 fully saturated rings. The summed E-state index contributed by atoms with van der Waals surface area (Å²) >= 11 is 12.0. The lowest BCUT2D eigenvalue weighted by molar-refractivity contribution is -0.142. The van der Waals surface area contributed by atoms with E-state index in [1.807, 2.05) is 0 Å². The van der Waals surface area contributed by atoms with E-state index in [1.54, 1.807) is 27.7 Å². The Labute approximate surface area is 428 Å². The molecular formula is C40H74N16O12S3. The Bertz CT molecular complexity index is 1870. The van der Waals surface area contributed by atoms with Crippen LogP contribution in [-0.2, 0) is 47.9 Å². The Morgan fingerprint density at radius 1 is 0.521 bits per heavy atom. The summed E-state index contributed by atoms with van der Waals surface area (Å²) in [6.45, 7) is 6.57. The predicted molar refractivity (Wildman–Crippen MR) is 272 cm³/mol. The second-order valence-electron chi connectivity index (χ2n) is 16.8. The van der Waals surface area contributed by atoms with Gasteiger partial charge in [-0.15, -0.1) is 0 Å². The molecule has 0 aliphatic carbocycles. The fraction of sp³-hybridized carbons (Fsp3) is 0.700. The Morgan fingerprint density at radius 2 is 0.944 bits per heavy atom. The van der Waals surface area contributed by atoms with Gasteiger partial charge < -0.3 is 86.7 Å². The van der Waals surface area contributed by atoms with E-state index in [4.69, 9.17) is 28.7 Å². The van der Waals surface area contributed by atoms with Gasteiger partial charge in [0.15, 0.2) is 11.9 Å². The number of nitrogens with two attached hydrogens (primary N) is 5. The van der Waals surface area contributed by atoms with E-state index >= 15 is 0 Å². The van der Waals surface area contributed by atoms with Gasteiger partial charge in [-0.25, -0.2) is 4.79 Å². The maximum absolute atomic E-state index is 14.1. The van der Waals surface area contributed by atoms with Crippen LogP contribution in [0, 0.1) is 11.8 Å². The molecule has 31 heteroatoms. The minimum absolute atomic E-state index is 0.000239. The molecule has 0 saturated heterocycles. The summed E-state index contributed by atoms with van der Waals surface area (Å²) in [7, 11) is 0. The van der Waals surface area contributed by atoms with Crippen LogP contribution in [0.2, 0.25) is 0 Å². The van der Waals surface area contributed by atoms with Gasteiger partial charge in [-0.1, -0.05) is 27.7 Å². The SMILES string of the molecule is CC(C)C[C@H](NC(=O)[C@H](CCCN=C(N)N)NC(=O)[C@H](CCCN=C(N)N)NC(=O)[C@H](CS)NC(=O)[C@H](CO)NC(=O)[C@H](C)NC(=O)CNC(=O)[C@@H](N)CS)C(=O)N[C@H](C(=O)N[C@@H](CS)C(=O)O)C(C)C. The molecule has 0 unspecified atom stereocenters. The second kappa shape index (κ2) is 34.5. The molecule has 0 heterocycles. The monoisotopic (exact) mass is 1070 g/mol. The molecule has 28 nitrogen and oxygen atoms in total. The average Bonchev–Trinajstić information content (AvgIpc) is 3.30. The third kappa shape index (κ3) is 26.3. The molecule has 0 spiro atoms. The topological polar surface area (TPSA) is 474 Å². The summed E-state index contributed by atoms with van der Waals surface area (Å²) in [5, 5.41) is 41.3. The summed E-state index contributed by atoms with van der Waals surface area (Å²) in [6, 6.07) is -12.1. The molecule has 0 aliphatic heterocycles. The normalized spacial score (nSPS) is 14.8. The van der Waals surface area contributed by atoms with Gasteiger partial charge in [0.25, 0.3) is 0 Å². The van der Waals surface area contributed by atoms with Gasteiger partial charge in [-0.3, -0.25) is 53.1 Å². The number of carboxylic acid groups (broad SMARTS) is 1. The van der Waals surface area contributed by atoms with Crippen LogP contribution in [0.1, 0.15) is 66.7 Å². The third-order valence-electron chi connectivity index (χ3n) is 9.90. The maximum Gasteiger partial charge on any atom is 0.327 e. The molecule has 71 heavy (non-hydrogen) atoms. The average molecular weight is 1070 g/mol. The lowest BCUT2D eigenvalue weighted by atomic mass is 9.99. The summed E-state index contributed by atoms with van der Waals surface area (Å²) in [4.78, 5) is 139. The molecule has 21 N–H and O–H groups in total. The van der Waals surface area contributed by atoms with Crippen LogP contribution in [0.15, 0.2) is 9.98 Å².